The van der Waals surface area contributed by atoms with Crippen LogP contribution in [0.15, 0.2) is 18.2 Å². The summed E-state index contributed by atoms with van der Waals surface area (Å²) in [6, 6.07) is 4.60. The molecule has 1 heterocycles. The average molecular weight is 243 g/mol. The van der Waals surface area contributed by atoms with Crippen molar-refractivity contribution in [3.8, 4) is 0 Å². The third-order valence-corrected chi connectivity index (χ3v) is 3.17. The molecule has 0 radical (unpaired) electrons. The number of benzene rings is 1. The van der Waals surface area contributed by atoms with Crippen molar-refractivity contribution in [3.05, 3.63) is 34.6 Å². The van der Waals surface area contributed by atoms with E-state index < -0.39 is 5.82 Å². The highest BCUT2D eigenvalue weighted by molar-refractivity contribution is 6.30. The third kappa shape index (κ3) is 2.18. The molecule has 2 rings (SSSR count). The Morgan fingerprint density at radius 3 is 2.88 bits per heavy atom. The Balaban J connectivity index is 2.14. The highest BCUT2D eigenvalue weighted by Crippen LogP contribution is 2.29. The van der Waals surface area contributed by atoms with E-state index in [0.717, 1.165) is 5.56 Å². The molecule has 0 aliphatic carbocycles. The summed E-state index contributed by atoms with van der Waals surface area (Å²) in [6.45, 7) is 0.564. The van der Waals surface area contributed by atoms with Crippen molar-refractivity contribution in [1.29, 1.82) is 0 Å². The van der Waals surface area contributed by atoms with Crippen molar-refractivity contribution in [2.75, 3.05) is 6.54 Å². The zero-order valence-corrected chi connectivity index (χ0v) is 9.30. The zero-order valence-electron chi connectivity index (χ0n) is 8.54. The molecule has 2 atom stereocenters. The van der Waals surface area contributed by atoms with Gasteiger partial charge in [0.2, 0.25) is 5.91 Å². The molecule has 1 fully saturated rings. The minimum Gasteiger partial charge on any atom is -0.369 e. The number of nitrogens with two attached hydrogens (primary N) is 1. The number of carbonyl (C=O) groups is 1. The third-order valence-electron chi connectivity index (χ3n) is 2.88. The van der Waals surface area contributed by atoms with Crippen molar-refractivity contribution in [2.45, 2.75) is 12.5 Å². The zero-order chi connectivity index (χ0) is 11.7. The molecule has 3 nitrogen and oxygen atoms in total. The van der Waals surface area contributed by atoms with Gasteiger partial charge in [-0.3, -0.25) is 4.79 Å². The Bertz CT molecular complexity index is 424. The van der Waals surface area contributed by atoms with E-state index in [1.165, 1.54) is 6.07 Å². The number of halogens is 2. The van der Waals surface area contributed by atoms with E-state index >= 15 is 0 Å². The summed E-state index contributed by atoms with van der Waals surface area (Å²) in [7, 11) is 0. The second-order valence-electron chi connectivity index (χ2n) is 3.97. The van der Waals surface area contributed by atoms with Gasteiger partial charge in [0, 0.05) is 12.6 Å². The van der Waals surface area contributed by atoms with Gasteiger partial charge in [-0.05, 0) is 24.1 Å². The quantitative estimate of drug-likeness (QED) is 0.828. The predicted molar refractivity (Wildman–Crippen MR) is 59.5 cm³/mol. The number of nitrogens with one attached hydrogen (secondary N) is 1. The van der Waals surface area contributed by atoms with E-state index in [2.05, 4.69) is 5.32 Å². The standard InChI is InChI=1S/C11H12ClFN2O/c12-8-3-6(1-2-9(8)13)10-4-7(5-15-10)11(14)16/h1-3,7,10,15H,4-5H2,(H2,14,16). The molecule has 1 aromatic rings. The van der Waals surface area contributed by atoms with Gasteiger partial charge in [-0.1, -0.05) is 17.7 Å². The largest absolute Gasteiger partial charge is 0.369 e. The fraction of sp³-hybridized carbons (Fsp3) is 0.364. The molecule has 0 bridgehead atoms. The average Bonchev–Trinajstić information content (AvgIpc) is 2.71. The Morgan fingerprint density at radius 1 is 1.56 bits per heavy atom. The van der Waals surface area contributed by atoms with E-state index in [1.54, 1.807) is 12.1 Å². The Morgan fingerprint density at radius 2 is 2.31 bits per heavy atom. The van der Waals surface area contributed by atoms with Crippen LogP contribution in [0.4, 0.5) is 4.39 Å². The summed E-state index contributed by atoms with van der Waals surface area (Å²) in [5, 5.41) is 3.27. The van der Waals surface area contributed by atoms with Gasteiger partial charge in [0.1, 0.15) is 5.82 Å². The second kappa shape index (κ2) is 4.39. The van der Waals surface area contributed by atoms with Crippen LogP contribution in [0.3, 0.4) is 0 Å². The maximum absolute atomic E-state index is 13.0. The van der Waals surface area contributed by atoms with Crippen molar-refractivity contribution < 1.29 is 9.18 Å². The first-order valence-corrected chi connectivity index (χ1v) is 5.43. The van der Waals surface area contributed by atoms with Crippen LogP contribution < -0.4 is 11.1 Å². The molecule has 3 N–H and O–H groups in total. The highest BCUT2D eigenvalue weighted by atomic mass is 35.5. The highest BCUT2D eigenvalue weighted by Gasteiger charge is 2.28. The van der Waals surface area contributed by atoms with Crippen LogP contribution in [-0.2, 0) is 4.79 Å². The summed E-state index contributed by atoms with van der Waals surface area (Å²) in [5.74, 6) is -0.896. The minimum atomic E-state index is -0.435. The molecule has 1 amide bonds. The topological polar surface area (TPSA) is 55.1 Å². The fourth-order valence-electron chi connectivity index (χ4n) is 1.94. The fourth-order valence-corrected chi connectivity index (χ4v) is 2.12. The SMILES string of the molecule is NC(=O)C1CNC(c2ccc(F)c(Cl)c2)C1. The second-order valence-corrected chi connectivity index (χ2v) is 4.38. The van der Waals surface area contributed by atoms with Crippen LogP contribution in [0.5, 0.6) is 0 Å². The molecule has 5 heteroatoms. The molecule has 1 aliphatic heterocycles. The molecule has 0 saturated carbocycles. The maximum atomic E-state index is 13.0. The van der Waals surface area contributed by atoms with E-state index in [-0.39, 0.29) is 22.9 Å². The van der Waals surface area contributed by atoms with Crippen LogP contribution in [0, 0.1) is 11.7 Å². The summed E-state index contributed by atoms with van der Waals surface area (Å²) >= 11 is 5.70. The number of carbonyl (C=O) groups excluding carboxylic acids is 1. The first-order chi connectivity index (χ1) is 7.58. The maximum Gasteiger partial charge on any atom is 0.221 e. The number of hydrogen-bond acceptors (Lipinski definition) is 2. The minimum absolute atomic E-state index is 0.0237. The van der Waals surface area contributed by atoms with Crippen LogP contribution >= 0.6 is 11.6 Å². The van der Waals surface area contributed by atoms with Crippen molar-refractivity contribution in [2.24, 2.45) is 11.7 Å². The number of primary amides is 1. The van der Waals surface area contributed by atoms with Gasteiger partial charge in [0.25, 0.3) is 0 Å². The predicted octanol–water partition coefficient (Wildman–Crippen LogP) is 1.61. The van der Waals surface area contributed by atoms with Gasteiger partial charge in [0.05, 0.1) is 10.9 Å². The Hall–Kier alpha value is -1.13. The number of rotatable bonds is 2. The smallest absolute Gasteiger partial charge is 0.221 e. The number of hydrogen-bond donors (Lipinski definition) is 2. The Labute approximate surface area is 97.8 Å². The van der Waals surface area contributed by atoms with E-state index in [9.17, 15) is 9.18 Å². The van der Waals surface area contributed by atoms with Crippen molar-refractivity contribution in [1.82, 2.24) is 5.32 Å². The molecular formula is C11H12ClFN2O. The Kier molecular flexibility index (Phi) is 3.12. The molecule has 1 aromatic carbocycles. The molecule has 0 aromatic heterocycles. The van der Waals surface area contributed by atoms with Crippen LogP contribution in [0.25, 0.3) is 0 Å². The normalized spacial score (nSPS) is 24.6. The van der Waals surface area contributed by atoms with Gasteiger partial charge >= 0.3 is 0 Å². The van der Waals surface area contributed by atoms with Crippen LogP contribution in [0.2, 0.25) is 5.02 Å². The monoisotopic (exact) mass is 242 g/mol. The van der Waals surface area contributed by atoms with Gasteiger partial charge in [-0.2, -0.15) is 0 Å². The molecule has 1 aliphatic rings. The van der Waals surface area contributed by atoms with Gasteiger partial charge in [0.15, 0.2) is 0 Å². The van der Waals surface area contributed by atoms with E-state index in [4.69, 9.17) is 17.3 Å². The molecular weight excluding hydrogens is 231 g/mol. The van der Waals surface area contributed by atoms with Crippen molar-refractivity contribution >= 4 is 17.5 Å². The van der Waals surface area contributed by atoms with Gasteiger partial charge in [-0.25, -0.2) is 4.39 Å². The molecule has 1 saturated heterocycles. The van der Waals surface area contributed by atoms with Gasteiger partial charge < -0.3 is 11.1 Å². The molecule has 2 unspecified atom stereocenters. The first kappa shape index (κ1) is 11.4. The lowest BCUT2D eigenvalue weighted by Crippen LogP contribution is -2.24. The van der Waals surface area contributed by atoms with Crippen LogP contribution in [-0.4, -0.2) is 12.5 Å². The molecule has 0 spiro atoms. The summed E-state index contributed by atoms with van der Waals surface area (Å²) < 4.78 is 13.0. The van der Waals surface area contributed by atoms with E-state index in [0.29, 0.717) is 13.0 Å². The number of amides is 1. The summed E-state index contributed by atoms with van der Waals surface area (Å²) in [6.07, 6.45) is 0.636. The van der Waals surface area contributed by atoms with Crippen molar-refractivity contribution in [3.63, 3.8) is 0 Å². The van der Waals surface area contributed by atoms with Gasteiger partial charge in [-0.15, -0.1) is 0 Å². The summed E-state index contributed by atoms with van der Waals surface area (Å²) in [5.41, 5.74) is 6.11. The first-order valence-electron chi connectivity index (χ1n) is 5.05. The summed E-state index contributed by atoms with van der Waals surface area (Å²) in [4.78, 5) is 11.0. The lowest BCUT2D eigenvalue weighted by molar-refractivity contribution is -0.121. The van der Waals surface area contributed by atoms with E-state index in [1.807, 2.05) is 0 Å². The lowest BCUT2D eigenvalue weighted by atomic mass is 10.00. The molecule has 16 heavy (non-hydrogen) atoms. The lowest BCUT2D eigenvalue weighted by Gasteiger charge is -2.11. The van der Waals surface area contributed by atoms with Crippen LogP contribution in [0.1, 0.15) is 18.0 Å². The molecule has 86 valence electrons.